The van der Waals surface area contributed by atoms with Gasteiger partial charge in [0.25, 0.3) is 5.91 Å². The van der Waals surface area contributed by atoms with Crippen molar-refractivity contribution in [3.63, 3.8) is 0 Å². The number of hydrogen-bond donors (Lipinski definition) is 1. The molecule has 0 bridgehead atoms. The summed E-state index contributed by atoms with van der Waals surface area (Å²) in [5.74, 6) is 0.497. The fourth-order valence-corrected chi connectivity index (χ4v) is 2.13. The molecule has 0 aliphatic heterocycles. The minimum absolute atomic E-state index is 0.180. The van der Waals surface area contributed by atoms with Gasteiger partial charge in [0, 0.05) is 22.2 Å². The Hall–Kier alpha value is -2.59. The van der Waals surface area contributed by atoms with E-state index in [1.165, 1.54) is 0 Å². The van der Waals surface area contributed by atoms with Crippen molar-refractivity contribution < 1.29 is 9.32 Å². The summed E-state index contributed by atoms with van der Waals surface area (Å²) in [5.41, 5.74) is 2.17. The van der Waals surface area contributed by atoms with Gasteiger partial charge in [0.2, 0.25) is 0 Å². The van der Waals surface area contributed by atoms with Gasteiger partial charge in [0.1, 0.15) is 5.69 Å². The lowest BCUT2D eigenvalue weighted by Crippen LogP contribution is -2.22. The smallest absolute Gasteiger partial charge is 0.251 e. The van der Waals surface area contributed by atoms with Gasteiger partial charge in [-0.05, 0) is 24.3 Å². The first-order valence-corrected chi connectivity index (χ1v) is 7.15. The Morgan fingerprint density at radius 2 is 1.82 bits per heavy atom. The molecule has 0 aliphatic rings. The van der Waals surface area contributed by atoms with Crippen LogP contribution in [0, 0.1) is 0 Å². The summed E-state index contributed by atoms with van der Waals surface area (Å²) in [6, 6.07) is 18.2. The predicted molar refractivity (Wildman–Crippen MR) is 84.6 cm³/mol. The third-order valence-corrected chi connectivity index (χ3v) is 3.41. The highest BCUT2D eigenvalue weighted by atomic mass is 35.5. The van der Waals surface area contributed by atoms with E-state index in [0.717, 1.165) is 5.56 Å². The largest absolute Gasteiger partial charge is 0.356 e. The quantitative estimate of drug-likeness (QED) is 0.794. The predicted octanol–water partition coefficient (Wildman–Crippen LogP) is 3.93. The number of nitrogens with zero attached hydrogens (tertiary/aromatic N) is 1. The lowest BCUT2D eigenvalue weighted by atomic mass is 10.1. The van der Waals surface area contributed by atoms with Gasteiger partial charge in [-0.3, -0.25) is 4.79 Å². The molecule has 1 N–H and O–H groups in total. The molecular weight excluding hydrogens is 300 g/mol. The zero-order valence-electron chi connectivity index (χ0n) is 11.6. The number of carbonyl (C=O) groups is 1. The van der Waals surface area contributed by atoms with Gasteiger partial charge in [-0.2, -0.15) is 0 Å². The first-order valence-electron chi connectivity index (χ1n) is 6.77. The second-order valence-corrected chi connectivity index (χ2v) is 5.17. The SMILES string of the molecule is O=C(NCc1cc(-c2ccccc2)on1)c1ccc(Cl)cc1. The first kappa shape index (κ1) is 14.4. The lowest BCUT2D eigenvalue weighted by molar-refractivity contribution is 0.0950. The molecule has 3 rings (SSSR count). The van der Waals surface area contributed by atoms with E-state index < -0.39 is 0 Å². The molecule has 0 atom stereocenters. The molecule has 0 saturated carbocycles. The number of aromatic nitrogens is 1. The van der Waals surface area contributed by atoms with Crippen LogP contribution >= 0.6 is 11.6 Å². The molecule has 0 radical (unpaired) electrons. The van der Waals surface area contributed by atoms with Gasteiger partial charge in [-0.15, -0.1) is 0 Å². The van der Waals surface area contributed by atoms with Crippen LogP contribution in [-0.4, -0.2) is 11.1 Å². The zero-order chi connectivity index (χ0) is 15.4. The second kappa shape index (κ2) is 6.45. The average Bonchev–Trinajstić information content (AvgIpc) is 3.03. The van der Waals surface area contributed by atoms with Crippen LogP contribution in [0.1, 0.15) is 16.1 Å². The highest BCUT2D eigenvalue weighted by molar-refractivity contribution is 6.30. The van der Waals surface area contributed by atoms with Crippen LogP contribution < -0.4 is 5.32 Å². The van der Waals surface area contributed by atoms with Gasteiger partial charge < -0.3 is 9.84 Å². The van der Waals surface area contributed by atoms with Gasteiger partial charge in [-0.25, -0.2) is 0 Å². The Balaban J connectivity index is 1.64. The summed E-state index contributed by atoms with van der Waals surface area (Å²) in [5, 5.41) is 7.35. The standard InChI is InChI=1S/C17H13ClN2O2/c18-14-8-6-13(7-9-14)17(21)19-11-15-10-16(22-20-15)12-4-2-1-3-5-12/h1-10H,11H2,(H,19,21). The Kier molecular flexibility index (Phi) is 4.21. The van der Waals surface area contributed by atoms with Crippen molar-refractivity contribution in [2.45, 2.75) is 6.54 Å². The maximum Gasteiger partial charge on any atom is 0.251 e. The van der Waals surface area contributed by atoms with Crippen LogP contribution in [0.25, 0.3) is 11.3 Å². The monoisotopic (exact) mass is 312 g/mol. The highest BCUT2D eigenvalue weighted by Crippen LogP contribution is 2.19. The summed E-state index contributed by atoms with van der Waals surface area (Å²) in [4.78, 5) is 12.0. The molecule has 3 aromatic rings. The maximum absolute atomic E-state index is 12.0. The summed E-state index contributed by atoms with van der Waals surface area (Å²) in [6.07, 6.45) is 0. The molecule has 1 aromatic heterocycles. The Morgan fingerprint density at radius 1 is 1.09 bits per heavy atom. The van der Waals surface area contributed by atoms with Gasteiger partial charge in [-0.1, -0.05) is 47.1 Å². The topological polar surface area (TPSA) is 55.1 Å². The number of halogens is 1. The third kappa shape index (κ3) is 3.35. The Bertz CT molecular complexity index is 767. The van der Waals surface area contributed by atoms with E-state index in [-0.39, 0.29) is 5.91 Å². The molecule has 1 heterocycles. The van der Waals surface area contributed by atoms with Gasteiger partial charge >= 0.3 is 0 Å². The van der Waals surface area contributed by atoms with Crippen molar-refractivity contribution in [2.75, 3.05) is 0 Å². The number of rotatable bonds is 4. The molecule has 0 saturated heterocycles. The summed E-state index contributed by atoms with van der Waals surface area (Å²) in [6.45, 7) is 0.303. The van der Waals surface area contributed by atoms with Crippen molar-refractivity contribution in [2.24, 2.45) is 0 Å². The fourth-order valence-electron chi connectivity index (χ4n) is 2.01. The number of amides is 1. The van der Waals surface area contributed by atoms with Crippen molar-refractivity contribution in [1.29, 1.82) is 0 Å². The molecule has 2 aromatic carbocycles. The van der Waals surface area contributed by atoms with Crippen LogP contribution in [-0.2, 0) is 6.54 Å². The van der Waals surface area contributed by atoms with Gasteiger partial charge in [0.15, 0.2) is 5.76 Å². The van der Waals surface area contributed by atoms with E-state index in [9.17, 15) is 4.79 Å². The molecule has 0 spiro atoms. The maximum atomic E-state index is 12.0. The number of hydrogen-bond acceptors (Lipinski definition) is 3. The van der Waals surface area contributed by atoms with Crippen molar-refractivity contribution in [3.05, 3.63) is 76.9 Å². The Morgan fingerprint density at radius 3 is 2.55 bits per heavy atom. The molecule has 0 fully saturated rings. The molecule has 4 nitrogen and oxygen atoms in total. The molecule has 22 heavy (non-hydrogen) atoms. The summed E-state index contributed by atoms with van der Waals surface area (Å²) < 4.78 is 5.29. The van der Waals surface area contributed by atoms with E-state index in [0.29, 0.717) is 28.6 Å². The zero-order valence-corrected chi connectivity index (χ0v) is 12.4. The van der Waals surface area contributed by atoms with E-state index >= 15 is 0 Å². The van der Waals surface area contributed by atoms with Crippen LogP contribution in [0.2, 0.25) is 5.02 Å². The van der Waals surface area contributed by atoms with E-state index in [4.69, 9.17) is 16.1 Å². The molecule has 110 valence electrons. The molecule has 0 unspecified atom stereocenters. The van der Waals surface area contributed by atoms with Crippen LogP contribution in [0.4, 0.5) is 0 Å². The minimum Gasteiger partial charge on any atom is -0.356 e. The Labute approximate surface area is 132 Å². The summed E-state index contributed by atoms with van der Waals surface area (Å²) in [7, 11) is 0. The second-order valence-electron chi connectivity index (χ2n) is 4.74. The van der Waals surface area contributed by atoms with E-state index in [2.05, 4.69) is 10.5 Å². The van der Waals surface area contributed by atoms with Crippen LogP contribution in [0.3, 0.4) is 0 Å². The van der Waals surface area contributed by atoms with Crippen molar-refractivity contribution in [1.82, 2.24) is 10.5 Å². The summed E-state index contributed by atoms with van der Waals surface area (Å²) >= 11 is 5.80. The first-order chi connectivity index (χ1) is 10.7. The normalized spacial score (nSPS) is 10.4. The molecule has 1 amide bonds. The van der Waals surface area contributed by atoms with E-state index in [1.54, 1.807) is 24.3 Å². The molecular formula is C17H13ClN2O2. The number of nitrogens with one attached hydrogen (secondary N) is 1. The lowest BCUT2D eigenvalue weighted by Gasteiger charge is -2.02. The van der Waals surface area contributed by atoms with Crippen molar-refractivity contribution in [3.8, 4) is 11.3 Å². The average molecular weight is 313 g/mol. The fraction of sp³-hybridized carbons (Fsp3) is 0.0588. The number of benzene rings is 2. The third-order valence-electron chi connectivity index (χ3n) is 3.15. The van der Waals surface area contributed by atoms with E-state index in [1.807, 2.05) is 36.4 Å². The van der Waals surface area contributed by atoms with Crippen LogP contribution in [0.15, 0.2) is 65.2 Å². The minimum atomic E-state index is -0.180. The molecule has 0 aliphatic carbocycles. The van der Waals surface area contributed by atoms with Crippen LogP contribution in [0.5, 0.6) is 0 Å². The number of carbonyl (C=O) groups excluding carboxylic acids is 1. The molecule has 5 heteroatoms. The highest BCUT2D eigenvalue weighted by Gasteiger charge is 2.09. The van der Waals surface area contributed by atoms with Gasteiger partial charge in [0.05, 0.1) is 6.54 Å². The van der Waals surface area contributed by atoms with Crippen molar-refractivity contribution >= 4 is 17.5 Å².